The van der Waals surface area contributed by atoms with Crippen molar-refractivity contribution in [1.29, 1.82) is 0 Å². The van der Waals surface area contributed by atoms with Crippen molar-refractivity contribution in [2.45, 2.75) is 18.8 Å². The second kappa shape index (κ2) is 6.76. The Morgan fingerprint density at radius 3 is 2.67 bits per heavy atom. The fourth-order valence-corrected chi connectivity index (χ4v) is 2.58. The topological polar surface area (TPSA) is 49.0 Å². The van der Waals surface area contributed by atoms with E-state index in [0.717, 1.165) is 25.1 Å². The molecule has 110 valence electrons. The molecule has 2 heterocycles. The minimum atomic E-state index is -0.207. The van der Waals surface area contributed by atoms with Gasteiger partial charge in [0.05, 0.1) is 0 Å². The first-order valence-electron chi connectivity index (χ1n) is 7.18. The summed E-state index contributed by atoms with van der Waals surface area (Å²) in [4.78, 5) is 4.04. The Morgan fingerprint density at radius 1 is 1.19 bits per heavy atom. The molecule has 1 aromatic heterocycles. The summed E-state index contributed by atoms with van der Waals surface area (Å²) in [5, 5.41) is 10.2. The predicted molar refractivity (Wildman–Crippen MR) is 80.0 cm³/mol. The summed E-state index contributed by atoms with van der Waals surface area (Å²) in [5.74, 6) is -0.207. The fourth-order valence-electron chi connectivity index (χ4n) is 2.58. The first kappa shape index (κ1) is 14.1. The maximum atomic E-state index is 13.5. The molecule has 0 bridgehead atoms. The van der Waals surface area contributed by atoms with Gasteiger partial charge < -0.3 is 0 Å². The highest BCUT2D eigenvalue weighted by Crippen LogP contribution is 2.19. The highest BCUT2D eigenvalue weighted by atomic mass is 19.1. The van der Waals surface area contributed by atoms with E-state index >= 15 is 0 Å². The zero-order valence-electron chi connectivity index (χ0n) is 11.7. The first-order chi connectivity index (χ1) is 10.3. The standard InChI is InChI=1S/C16H19FN4/c17-14-3-1-2-13(11-14)15(21-16-19-8-9-20-16)10-12-4-6-18-7-5-12/h1-7,11,15-16,19-21H,8-10H2. The minimum Gasteiger partial charge on any atom is -0.288 e. The highest BCUT2D eigenvalue weighted by molar-refractivity contribution is 5.23. The summed E-state index contributed by atoms with van der Waals surface area (Å²) in [6, 6.07) is 10.8. The Labute approximate surface area is 123 Å². The number of nitrogens with zero attached hydrogens (tertiary/aromatic N) is 1. The molecule has 1 atom stereocenters. The van der Waals surface area contributed by atoms with Gasteiger partial charge in [-0.2, -0.15) is 0 Å². The molecule has 0 aliphatic carbocycles. The Morgan fingerprint density at radius 2 is 1.95 bits per heavy atom. The molecule has 1 saturated heterocycles. The van der Waals surface area contributed by atoms with E-state index in [2.05, 4.69) is 20.9 Å². The van der Waals surface area contributed by atoms with Crippen molar-refractivity contribution in [3.8, 4) is 0 Å². The van der Waals surface area contributed by atoms with Crippen molar-refractivity contribution in [2.75, 3.05) is 13.1 Å². The van der Waals surface area contributed by atoms with Crippen LogP contribution in [0.5, 0.6) is 0 Å². The number of rotatable bonds is 5. The second-order valence-electron chi connectivity index (χ2n) is 5.18. The largest absolute Gasteiger partial charge is 0.288 e. The van der Waals surface area contributed by atoms with Crippen LogP contribution in [0, 0.1) is 5.82 Å². The van der Waals surface area contributed by atoms with Gasteiger partial charge in [-0.25, -0.2) is 4.39 Å². The molecule has 0 saturated carbocycles. The van der Waals surface area contributed by atoms with Crippen LogP contribution in [0.4, 0.5) is 4.39 Å². The van der Waals surface area contributed by atoms with E-state index in [1.54, 1.807) is 24.5 Å². The number of hydrogen-bond donors (Lipinski definition) is 3. The molecule has 5 heteroatoms. The van der Waals surface area contributed by atoms with Gasteiger partial charge in [-0.15, -0.1) is 0 Å². The molecule has 0 spiro atoms. The second-order valence-corrected chi connectivity index (χ2v) is 5.18. The van der Waals surface area contributed by atoms with E-state index in [1.165, 1.54) is 11.6 Å². The van der Waals surface area contributed by atoms with Crippen LogP contribution in [0.1, 0.15) is 17.2 Å². The lowest BCUT2D eigenvalue weighted by Gasteiger charge is -2.24. The monoisotopic (exact) mass is 286 g/mol. The lowest BCUT2D eigenvalue weighted by molar-refractivity contribution is 0.381. The zero-order valence-corrected chi connectivity index (χ0v) is 11.7. The molecule has 0 radical (unpaired) electrons. The molecule has 1 fully saturated rings. The Bertz CT molecular complexity index is 569. The van der Waals surface area contributed by atoms with E-state index < -0.39 is 0 Å². The van der Waals surface area contributed by atoms with E-state index in [-0.39, 0.29) is 18.1 Å². The zero-order chi connectivity index (χ0) is 14.5. The molecular formula is C16H19FN4. The van der Waals surface area contributed by atoms with Crippen molar-refractivity contribution in [2.24, 2.45) is 0 Å². The Hall–Kier alpha value is -1.82. The van der Waals surface area contributed by atoms with Gasteiger partial charge in [0.25, 0.3) is 0 Å². The molecule has 1 aliphatic heterocycles. The predicted octanol–water partition coefficient (Wildman–Crippen LogP) is 1.57. The molecule has 3 N–H and O–H groups in total. The van der Waals surface area contributed by atoms with Gasteiger partial charge >= 0.3 is 0 Å². The number of pyridine rings is 1. The van der Waals surface area contributed by atoms with Crippen molar-refractivity contribution in [3.63, 3.8) is 0 Å². The molecular weight excluding hydrogens is 267 g/mol. The SMILES string of the molecule is Fc1cccc(C(Cc2ccncc2)NC2NCCN2)c1. The summed E-state index contributed by atoms with van der Waals surface area (Å²) >= 11 is 0. The number of benzene rings is 1. The maximum absolute atomic E-state index is 13.5. The Kier molecular flexibility index (Phi) is 4.55. The average Bonchev–Trinajstić information content (AvgIpc) is 3.01. The molecule has 3 rings (SSSR count). The van der Waals surface area contributed by atoms with Crippen LogP contribution >= 0.6 is 0 Å². The third kappa shape index (κ3) is 3.85. The quantitative estimate of drug-likeness (QED) is 0.781. The smallest absolute Gasteiger partial charge is 0.123 e. The maximum Gasteiger partial charge on any atom is 0.123 e. The van der Waals surface area contributed by atoms with Crippen molar-refractivity contribution in [1.82, 2.24) is 20.9 Å². The van der Waals surface area contributed by atoms with Crippen molar-refractivity contribution >= 4 is 0 Å². The first-order valence-corrected chi connectivity index (χ1v) is 7.18. The van der Waals surface area contributed by atoms with Gasteiger partial charge in [-0.1, -0.05) is 12.1 Å². The summed E-state index contributed by atoms with van der Waals surface area (Å²) in [5.41, 5.74) is 2.12. The van der Waals surface area contributed by atoms with Gasteiger partial charge in [0.2, 0.25) is 0 Å². The summed E-state index contributed by atoms with van der Waals surface area (Å²) in [6.07, 6.45) is 4.40. The third-order valence-corrected chi connectivity index (χ3v) is 3.63. The van der Waals surface area contributed by atoms with Crippen molar-refractivity contribution in [3.05, 3.63) is 65.7 Å². The Balaban J connectivity index is 1.79. The normalized spacial score (nSPS) is 17.0. The van der Waals surface area contributed by atoms with Crippen LogP contribution in [0.2, 0.25) is 0 Å². The van der Waals surface area contributed by atoms with Crippen LogP contribution in [0.15, 0.2) is 48.8 Å². The van der Waals surface area contributed by atoms with Gasteiger partial charge in [0, 0.05) is 31.5 Å². The van der Waals surface area contributed by atoms with E-state index in [0.29, 0.717) is 0 Å². The van der Waals surface area contributed by atoms with Gasteiger partial charge in [0.15, 0.2) is 0 Å². The van der Waals surface area contributed by atoms with Gasteiger partial charge in [-0.05, 0) is 41.8 Å². The van der Waals surface area contributed by atoms with Crippen LogP contribution in [-0.2, 0) is 6.42 Å². The van der Waals surface area contributed by atoms with E-state index in [1.807, 2.05) is 18.2 Å². The van der Waals surface area contributed by atoms with E-state index in [9.17, 15) is 4.39 Å². The molecule has 1 aromatic carbocycles. The van der Waals surface area contributed by atoms with Gasteiger partial charge in [-0.3, -0.25) is 20.9 Å². The number of aromatic nitrogens is 1. The summed E-state index contributed by atoms with van der Waals surface area (Å²) in [6.45, 7) is 1.87. The van der Waals surface area contributed by atoms with Crippen LogP contribution in [-0.4, -0.2) is 24.4 Å². The average molecular weight is 286 g/mol. The minimum absolute atomic E-state index is 0.0335. The molecule has 2 aromatic rings. The molecule has 21 heavy (non-hydrogen) atoms. The van der Waals surface area contributed by atoms with Crippen molar-refractivity contribution < 1.29 is 4.39 Å². The molecule has 1 unspecified atom stereocenters. The van der Waals surface area contributed by atoms with Crippen LogP contribution in [0.3, 0.4) is 0 Å². The van der Waals surface area contributed by atoms with Crippen LogP contribution < -0.4 is 16.0 Å². The summed E-state index contributed by atoms with van der Waals surface area (Å²) < 4.78 is 13.5. The molecule has 1 aliphatic rings. The fraction of sp³-hybridized carbons (Fsp3) is 0.312. The third-order valence-electron chi connectivity index (χ3n) is 3.63. The van der Waals surface area contributed by atoms with E-state index in [4.69, 9.17) is 0 Å². The lowest BCUT2D eigenvalue weighted by Crippen LogP contribution is -2.47. The number of hydrogen-bond acceptors (Lipinski definition) is 4. The molecule has 0 amide bonds. The lowest BCUT2D eigenvalue weighted by atomic mass is 9.99. The number of halogens is 1. The number of nitrogens with one attached hydrogen (secondary N) is 3. The molecule has 4 nitrogen and oxygen atoms in total. The van der Waals surface area contributed by atoms with Crippen LogP contribution in [0.25, 0.3) is 0 Å². The highest BCUT2D eigenvalue weighted by Gasteiger charge is 2.19. The summed E-state index contributed by atoms with van der Waals surface area (Å²) in [7, 11) is 0. The van der Waals surface area contributed by atoms with Gasteiger partial charge in [0.1, 0.15) is 12.1 Å².